The van der Waals surface area contributed by atoms with Crippen molar-refractivity contribution in [3.8, 4) is 0 Å². The lowest BCUT2D eigenvalue weighted by atomic mass is 10.3. The number of halogens is 2. The highest BCUT2D eigenvalue weighted by Gasteiger charge is 2.12. The SMILES string of the molecule is CC(C)n1c(CCNC(=O)CN)nc2ccccc21.Cl.Cl. The summed E-state index contributed by atoms with van der Waals surface area (Å²) < 4.78 is 2.21. The van der Waals surface area contributed by atoms with E-state index in [1.165, 1.54) is 0 Å². The first kappa shape index (κ1) is 19.7. The molecule has 0 bridgehead atoms. The van der Waals surface area contributed by atoms with Crippen molar-refractivity contribution >= 4 is 41.8 Å². The van der Waals surface area contributed by atoms with Crippen molar-refractivity contribution in [3.05, 3.63) is 30.1 Å². The fourth-order valence-electron chi connectivity index (χ4n) is 2.23. The number of benzene rings is 1. The molecule has 0 unspecified atom stereocenters. The highest BCUT2D eigenvalue weighted by Crippen LogP contribution is 2.20. The van der Waals surface area contributed by atoms with Crippen LogP contribution in [-0.2, 0) is 11.2 Å². The Morgan fingerprint density at radius 1 is 1.33 bits per heavy atom. The number of nitrogens with two attached hydrogens (primary N) is 1. The molecule has 2 aromatic rings. The van der Waals surface area contributed by atoms with Crippen LogP contribution in [0.2, 0.25) is 0 Å². The summed E-state index contributed by atoms with van der Waals surface area (Å²) in [4.78, 5) is 15.8. The van der Waals surface area contributed by atoms with Gasteiger partial charge in [0, 0.05) is 19.0 Å². The van der Waals surface area contributed by atoms with Gasteiger partial charge in [0.05, 0.1) is 17.6 Å². The first-order valence-corrected chi connectivity index (χ1v) is 6.56. The van der Waals surface area contributed by atoms with E-state index in [2.05, 4.69) is 34.8 Å². The van der Waals surface area contributed by atoms with Crippen LogP contribution < -0.4 is 11.1 Å². The Kier molecular flexibility index (Phi) is 8.32. The van der Waals surface area contributed by atoms with Crippen LogP contribution in [0.1, 0.15) is 25.7 Å². The molecule has 0 aliphatic rings. The minimum atomic E-state index is -0.132. The second-order valence-corrected chi connectivity index (χ2v) is 4.78. The normalized spacial score (nSPS) is 10.1. The number of hydrogen-bond acceptors (Lipinski definition) is 3. The van der Waals surface area contributed by atoms with Crippen molar-refractivity contribution in [1.82, 2.24) is 14.9 Å². The number of carbonyl (C=O) groups is 1. The molecule has 0 saturated heterocycles. The van der Waals surface area contributed by atoms with Crippen LogP contribution in [0.25, 0.3) is 11.0 Å². The van der Waals surface area contributed by atoms with Crippen LogP contribution >= 0.6 is 24.8 Å². The maximum absolute atomic E-state index is 11.1. The third-order valence-electron chi connectivity index (χ3n) is 3.04. The molecule has 118 valence electrons. The second-order valence-electron chi connectivity index (χ2n) is 4.78. The van der Waals surface area contributed by atoms with Gasteiger partial charge in [-0.1, -0.05) is 12.1 Å². The van der Waals surface area contributed by atoms with Gasteiger partial charge in [-0.05, 0) is 26.0 Å². The summed E-state index contributed by atoms with van der Waals surface area (Å²) in [5.74, 6) is 0.862. The zero-order valence-corrected chi connectivity index (χ0v) is 13.8. The Morgan fingerprint density at radius 2 is 2.00 bits per heavy atom. The van der Waals surface area contributed by atoms with E-state index < -0.39 is 0 Å². The molecule has 0 fully saturated rings. The van der Waals surface area contributed by atoms with Gasteiger partial charge in [0.25, 0.3) is 0 Å². The molecule has 1 heterocycles. The van der Waals surface area contributed by atoms with Crippen molar-refractivity contribution in [2.75, 3.05) is 13.1 Å². The van der Waals surface area contributed by atoms with Crippen LogP contribution in [0, 0.1) is 0 Å². The van der Waals surface area contributed by atoms with Crippen LogP contribution in [0.15, 0.2) is 24.3 Å². The standard InChI is InChI=1S/C14H20N4O.2ClH/c1-10(2)18-12-6-4-3-5-11(12)17-13(18)7-8-16-14(19)9-15;;/h3-6,10H,7-9,15H2,1-2H3,(H,16,19);2*1H. The number of para-hydroxylation sites is 2. The van der Waals surface area contributed by atoms with Crippen LogP contribution in [-0.4, -0.2) is 28.5 Å². The zero-order chi connectivity index (χ0) is 13.8. The van der Waals surface area contributed by atoms with Crippen molar-refractivity contribution in [1.29, 1.82) is 0 Å². The number of carbonyl (C=O) groups excluding carboxylic acids is 1. The molecule has 0 aliphatic carbocycles. The summed E-state index contributed by atoms with van der Waals surface area (Å²) in [7, 11) is 0. The van der Waals surface area contributed by atoms with E-state index in [-0.39, 0.29) is 37.3 Å². The van der Waals surface area contributed by atoms with E-state index in [0.29, 0.717) is 19.0 Å². The fraction of sp³-hybridized carbons (Fsp3) is 0.429. The van der Waals surface area contributed by atoms with Gasteiger partial charge in [-0.15, -0.1) is 24.8 Å². The number of nitrogens with one attached hydrogen (secondary N) is 1. The highest BCUT2D eigenvalue weighted by molar-refractivity contribution is 5.85. The monoisotopic (exact) mass is 332 g/mol. The third kappa shape index (κ3) is 4.59. The number of aromatic nitrogens is 2. The van der Waals surface area contributed by atoms with Gasteiger partial charge in [0.15, 0.2) is 0 Å². The molecule has 0 radical (unpaired) electrons. The van der Waals surface area contributed by atoms with Gasteiger partial charge in [-0.3, -0.25) is 4.79 Å². The van der Waals surface area contributed by atoms with E-state index in [1.807, 2.05) is 18.2 Å². The smallest absolute Gasteiger partial charge is 0.233 e. The minimum Gasteiger partial charge on any atom is -0.355 e. The van der Waals surface area contributed by atoms with Crippen molar-refractivity contribution in [2.45, 2.75) is 26.3 Å². The van der Waals surface area contributed by atoms with Gasteiger partial charge >= 0.3 is 0 Å². The number of nitrogens with zero attached hydrogens (tertiary/aromatic N) is 2. The minimum absolute atomic E-state index is 0. The Morgan fingerprint density at radius 3 is 2.62 bits per heavy atom. The number of imidazole rings is 1. The molecule has 0 atom stereocenters. The molecular formula is C14H22Cl2N4O. The summed E-state index contributed by atoms with van der Waals surface area (Å²) in [6, 6.07) is 8.43. The number of rotatable bonds is 5. The van der Waals surface area contributed by atoms with Gasteiger partial charge < -0.3 is 15.6 Å². The van der Waals surface area contributed by atoms with Gasteiger partial charge in [0.2, 0.25) is 5.91 Å². The maximum Gasteiger partial charge on any atom is 0.233 e. The largest absolute Gasteiger partial charge is 0.355 e. The third-order valence-corrected chi connectivity index (χ3v) is 3.04. The van der Waals surface area contributed by atoms with Gasteiger partial charge in [-0.2, -0.15) is 0 Å². The van der Waals surface area contributed by atoms with E-state index in [9.17, 15) is 4.79 Å². The average molecular weight is 333 g/mol. The molecule has 1 aromatic heterocycles. The highest BCUT2D eigenvalue weighted by atomic mass is 35.5. The Labute approximate surface area is 137 Å². The average Bonchev–Trinajstić information content (AvgIpc) is 2.76. The van der Waals surface area contributed by atoms with Gasteiger partial charge in [-0.25, -0.2) is 4.98 Å². The molecule has 0 saturated carbocycles. The summed E-state index contributed by atoms with van der Waals surface area (Å²) >= 11 is 0. The maximum atomic E-state index is 11.1. The molecule has 2 rings (SSSR count). The predicted octanol–water partition coefficient (Wildman–Crippen LogP) is 2.08. The van der Waals surface area contributed by atoms with Gasteiger partial charge in [0.1, 0.15) is 5.82 Å². The van der Waals surface area contributed by atoms with E-state index in [1.54, 1.807) is 0 Å². The van der Waals surface area contributed by atoms with Crippen molar-refractivity contribution in [2.24, 2.45) is 5.73 Å². The van der Waals surface area contributed by atoms with Crippen LogP contribution in [0.3, 0.4) is 0 Å². The quantitative estimate of drug-likeness (QED) is 0.880. The second kappa shape index (κ2) is 8.87. The zero-order valence-electron chi connectivity index (χ0n) is 12.2. The molecule has 7 heteroatoms. The predicted molar refractivity (Wildman–Crippen MR) is 90.4 cm³/mol. The molecular weight excluding hydrogens is 311 g/mol. The summed E-state index contributed by atoms with van der Waals surface area (Å²) in [5.41, 5.74) is 7.39. The summed E-state index contributed by atoms with van der Waals surface area (Å²) in [6.07, 6.45) is 0.707. The molecule has 1 amide bonds. The molecule has 21 heavy (non-hydrogen) atoms. The Bertz CT molecular complexity index is 583. The Balaban J connectivity index is 0.00000200. The number of hydrogen-bond donors (Lipinski definition) is 2. The topological polar surface area (TPSA) is 72.9 Å². The number of amides is 1. The van der Waals surface area contributed by atoms with E-state index in [0.717, 1.165) is 16.9 Å². The first-order chi connectivity index (χ1) is 9.13. The lowest BCUT2D eigenvalue weighted by molar-refractivity contribution is -0.119. The molecule has 1 aromatic carbocycles. The Hall–Kier alpha value is -1.30. The van der Waals surface area contributed by atoms with Crippen molar-refractivity contribution in [3.63, 3.8) is 0 Å². The first-order valence-electron chi connectivity index (χ1n) is 6.56. The van der Waals surface area contributed by atoms with E-state index >= 15 is 0 Å². The molecule has 3 N–H and O–H groups in total. The van der Waals surface area contributed by atoms with E-state index in [4.69, 9.17) is 5.73 Å². The summed E-state index contributed by atoms with van der Waals surface area (Å²) in [6.45, 7) is 4.86. The summed E-state index contributed by atoms with van der Waals surface area (Å²) in [5, 5.41) is 2.77. The fourth-order valence-corrected chi connectivity index (χ4v) is 2.23. The number of fused-ring (bicyclic) bond motifs is 1. The lowest BCUT2D eigenvalue weighted by Gasteiger charge is -2.13. The molecule has 5 nitrogen and oxygen atoms in total. The van der Waals surface area contributed by atoms with Crippen molar-refractivity contribution < 1.29 is 4.79 Å². The molecule has 0 spiro atoms. The molecule has 0 aliphatic heterocycles. The van der Waals surface area contributed by atoms with Crippen LogP contribution in [0.4, 0.5) is 0 Å². The lowest BCUT2D eigenvalue weighted by Crippen LogP contribution is -2.32. The van der Waals surface area contributed by atoms with Crippen LogP contribution in [0.5, 0.6) is 0 Å².